The molecular weight excluding hydrogens is 342 g/mol. The van der Waals surface area contributed by atoms with Crippen LogP contribution in [-0.4, -0.2) is 43.5 Å². The van der Waals surface area contributed by atoms with E-state index in [2.05, 4.69) is 26.6 Å². The molecule has 2 rings (SSSR count). The third-order valence-corrected chi connectivity index (χ3v) is 4.12. The molecule has 0 radical (unpaired) electrons. The highest BCUT2D eigenvalue weighted by Crippen LogP contribution is 2.25. The first-order valence-electron chi connectivity index (χ1n) is 6.71. The van der Waals surface area contributed by atoms with Crippen LogP contribution in [0.15, 0.2) is 22.7 Å². The van der Waals surface area contributed by atoms with Crippen molar-refractivity contribution >= 4 is 39.1 Å². The van der Waals surface area contributed by atoms with Crippen LogP contribution in [-0.2, 0) is 4.79 Å². The fourth-order valence-electron chi connectivity index (χ4n) is 2.38. The Bertz CT molecular complexity index is 477. The van der Waals surface area contributed by atoms with Crippen molar-refractivity contribution < 1.29 is 4.79 Å². The van der Waals surface area contributed by atoms with Gasteiger partial charge in [-0.1, -0.05) is 27.5 Å². The van der Waals surface area contributed by atoms with Crippen LogP contribution in [0.3, 0.4) is 0 Å². The monoisotopic (exact) mass is 359 g/mol. The van der Waals surface area contributed by atoms with Crippen molar-refractivity contribution in [3.8, 4) is 0 Å². The molecule has 1 atom stereocenters. The van der Waals surface area contributed by atoms with Crippen molar-refractivity contribution in [1.29, 1.82) is 0 Å². The zero-order valence-electron chi connectivity index (χ0n) is 11.5. The summed E-state index contributed by atoms with van der Waals surface area (Å²) in [6.45, 7) is 2.34. The molecule has 0 saturated carbocycles. The van der Waals surface area contributed by atoms with E-state index in [1.54, 1.807) is 12.1 Å². The summed E-state index contributed by atoms with van der Waals surface area (Å²) in [5, 5.41) is 6.80. The van der Waals surface area contributed by atoms with Gasteiger partial charge in [0, 0.05) is 17.1 Å². The number of carbonyl (C=O) groups excluding carboxylic acids is 1. The maximum absolute atomic E-state index is 12.0. The Morgan fingerprint density at radius 3 is 3.05 bits per heavy atom. The molecule has 1 unspecified atom stereocenters. The second-order valence-corrected chi connectivity index (χ2v) is 6.49. The average Bonchev–Trinajstić information content (AvgIpc) is 2.85. The van der Waals surface area contributed by atoms with Crippen molar-refractivity contribution in [2.45, 2.75) is 18.9 Å². The lowest BCUT2D eigenvalue weighted by Gasteiger charge is -2.20. The molecule has 110 valence electrons. The number of hydrogen-bond acceptors (Lipinski definition) is 3. The molecule has 0 aromatic heterocycles. The molecule has 4 nitrogen and oxygen atoms in total. The molecule has 0 aliphatic carbocycles. The van der Waals surface area contributed by atoms with Crippen LogP contribution in [0, 0.1) is 0 Å². The highest BCUT2D eigenvalue weighted by molar-refractivity contribution is 9.10. The van der Waals surface area contributed by atoms with Crippen LogP contribution < -0.4 is 10.6 Å². The summed E-state index contributed by atoms with van der Waals surface area (Å²) < 4.78 is 0.893. The van der Waals surface area contributed by atoms with Gasteiger partial charge in [0.25, 0.3) is 0 Å². The van der Waals surface area contributed by atoms with Gasteiger partial charge in [0.1, 0.15) is 0 Å². The van der Waals surface area contributed by atoms with Gasteiger partial charge in [-0.25, -0.2) is 0 Å². The fraction of sp³-hybridized carbons (Fsp3) is 0.500. The van der Waals surface area contributed by atoms with Gasteiger partial charge < -0.3 is 10.6 Å². The van der Waals surface area contributed by atoms with Crippen LogP contribution in [0.4, 0.5) is 5.69 Å². The summed E-state index contributed by atoms with van der Waals surface area (Å²) in [5.74, 6) is -0.0466. The van der Waals surface area contributed by atoms with E-state index in [0.29, 0.717) is 23.3 Å². The summed E-state index contributed by atoms with van der Waals surface area (Å²) in [7, 11) is 1.96. The van der Waals surface area contributed by atoms with E-state index in [0.717, 1.165) is 17.6 Å². The van der Waals surface area contributed by atoms with E-state index >= 15 is 0 Å². The molecule has 0 spiro atoms. The van der Waals surface area contributed by atoms with E-state index in [9.17, 15) is 4.79 Å². The average molecular weight is 361 g/mol. The summed E-state index contributed by atoms with van der Waals surface area (Å²) in [6.07, 6.45) is 2.41. The maximum Gasteiger partial charge on any atom is 0.238 e. The standard InChI is InChI=1S/C14H19BrClN3O/c1-19(8-11-3-2-6-17-11)9-14(20)18-13-5-4-10(15)7-12(13)16/h4-5,7,11,17H,2-3,6,8-9H2,1H3,(H,18,20). The normalized spacial score (nSPS) is 18.5. The smallest absolute Gasteiger partial charge is 0.238 e. The lowest BCUT2D eigenvalue weighted by atomic mass is 10.2. The van der Waals surface area contributed by atoms with Gasteiger partial charge in [-0.15, -0.1) is 0 Å². The lowest BCUT2D eigenvalue weighted by molar-refractivity contribution is -0.117. The molecule has 2 N–H and O–H groups in total. The second-order valence-electron chi connectivity index (χ2n) is 5.16. The van der Waals surface area contributed by atoms with E-state index in [1.165, 1.54) is 12.8 Å². The SMILES string of the molecule is CN(CC(=O)Nc1ccc(Br)cc1Cl)CC1CCCN1. The van der Waals surface area contributed by atoms with E-state index in [-0.39, 0.29) is 5.91 Å². The van der Waals surface area contributed by atoms with Gasteiger partial charge in [-0.3, -0.25) is 9.69 Å². The lowest BCUT2D eigenvalue weighted by Crippen LogP contribution is -2.39. The number of carbonyl (C=O) groups is 1. The predicted molar refractivity (Wildman–Crippen MR) is 86.3 cm³/mol. The molecular formula is C14H19BrClN3O. The third-order valence-electron chi connectivity index (χ3n) is 3.31. The molecule has 1 aliphatic heterocycles. The number of halogens is 2. The highest BCUT2D eigenvalue weighted by Gasteiger charge is 2.17. The molecule has 1 aromatic rings. The Hall–Kier alpha value is -0.620. The molecule has 1 aromatic carbocycles. The number of likely N-dealkylation sites (N-methyl/N-ethyl adjacent to an activating group) is 1. The number of benzene rings is 1. The molecule has 1 saturated heterocycles. The van der Waals surface area contributed by atoms with Crippen molar-refractivity contribution in [2.24, 2.45) is 0 Å². The molecule has 1 fully saturated rings. The molecule has 6 heteroatoms. The Kier molecular flexibility index (Phi) is 5.84. The van der Waals surface area contributed by atoms with Gasteiger partial charge in [0.15, 0.2) is 0 Å². The first-order chi connectivity index (χ1) is 9.54. The van der Waals surface area contributed by atoms with Crippen molar-refractivity contribution in [3.05, 3.63) is 27.7 Å². The summed E-state index contributed by atoms with van der Waals surface area (Å²) in [5.41, 5.74) is 0.646. The number of anilines is 1. The van der Waals surface area contributed by atoms with E-state index in [4.69, 9.17) is 11.6 Å². The summed E-state index contributed by atoms with van der Waals surface area (Å²) in [6, 6.07) is 5.92. The van der Waals surface area contributed by atoms with Crippen molar-refractivity contribution in [2.75, 3.05) is 32.0 Å². The Morgan fingerprint density at radius 1 is 1.60 bits per heavy atom. The van der Waals surface area contributed by atoms with Crippen LogP contribution in [0.2, 0.25) is 5.02 Å². The van der Waals surface area contributed by atoms with Gasteiger partial charge in [-0.2, -0.15) is 0 Å². The van der Waals surface area contributed by atoms with Crippen LogP contribution in [0.5, 0.6) is 0 Å². The Balaban J connectivity index is 1.82. The predicted octanol–water partition coefficient (Wildman–Crippen LogP) is 2.72. The minimum atomic E-state index is -0.0466. The Morgan fingerprint density at radius 2 is 2.40 bits per heavy atom. The minimum absolute atomic E-state index is 0.0466. The zero-order chi connectivity index (χ0) is 14.5. The van der Waals surface area contributed by atoms with Gasteiger partial charge in [0.05, 0.1) is 17.3 Å². The number of nitrogens with zero attached hydrogens (tertiary/aromatic N) is 1. The molecule has 20 heavy (non-hydrogen) atoms. The topological polar surface area (TPSA) is 44.4 Å². The van der Waals surface area contributed by atoms with Crippen LogP contribution in [0.25, 0.3) is 0 Å². The van der Waals surface area contributed by atoms with E-state index < -0.39 is 0 Å². The first-order valence-corrected chi connectivity index (χ1v) is 7.88. The molecule has 1 amide bonds. The van der Waals surface area contributed by atoms with Gasteiger partial charge in [0.2, 0.25) is 5.91 Å². The molecule has 1 aliphatic rings. The number of nitrogens with one attached hydrogen (secondary N) is 2. The van der Waals surface area contributed by atoms with Gasteiger partial charge >= 0.3 is 0 Å². The largest absolute Gasteiger partial charge is 0.324 e. The van der Waals surface area contributed by atoms with Crippen molar-refractivity contribution in [1.82, 2.24) is 10.2 Å². The highest BCUT2D eigenvalue weighted by atomic mass is 79.9. The third kappa shape index (κ3) is 4.74. The van der Waals surface area contributed by atoms with Crippen molar-refractivity contribution in [3.63, 3.8) is 0 Å². The van der Waals surface area contributed by atoms with Crippen LogP contribution in [0.1, 0.15) is 12.8 Å². The summed E-state index contributed by atoms with van der Waals surface area (Å²) in [4.78, 5) is 14.0. The summed E-state index contributed by atoms with van der Waals surface area (Å²) >= 11 is 9.42. The fourth-order valence-corrected chi connectivity index (χ4v) is 3.10. The number of hydrogen-bond donors (Lipinski definition) is 2. The maximum atomic E-state index is 12.0. The number of rotatable bonds is 5. The van der Waals surface area contributed by atoms with Gasteiger partial charge in [-0.05, 0) is 44.6 Å². The number of amides is 1. The first kappa shape index (κ1) is 15.8. The zero-order valence-corrected chi connectivity index (χ0v) is 13.8. The minimum Gasteiger partial charge on any atom is -0.324 e. The Labute approximate surface area is 133 Å². The second kappa shape index (κ2) is 7.41. The molecule has 1 heterocycles. The van der Waals surface area contributed by atoms with Crippen LogP contribution >= 0.6 is 27.5 Å². The van der Waals surface area contributed by atoms with E-state index in [1.807, 2.05) is 18.0 Å². The quantitative estimate of drug-likeness (QED) is 0.848. The molecule has 0 bridgehead atoms.